The number of aliphatic hydroxyl groups is 3. The Morgan fingerprint density at radius 3 is 1.91 bits per heavy atom. The molecule has 4 nitrogen and oxygen atoms in total. The highest BCUT2D eigenvalue weighted by Gasteiger charge is 2.32. The fraction of sp³-hybridized carbons (Fsp3) is 0.548. The van der Waals surface area contributed by atoms with Crippen molar-refractivity contribution in [1.82, 2.24) is 0 Å². The summed E-state index contributed by atoms with van der Waals surface area (Å²) in [6, 6.07) is 13.1. The quantitative estimate of drug-likeness (QED) is 0.305. The van der Waals surface area contributed by atoms with Crippen molar-refractivity contribution in [2.24, 2.45) is 0 Å². The first-order valence-corrected chi connectivity index (χ1v) is 13.2. The van der Waals surface area contributed by atoms with Crippen LogP contribution in [0.5, 0.6) is 5.75 Å². The van der Waals surface area contributed by atoms with Crippen LogP contribution < -0.4 is 4.74 Å². The molecule has 0 fully saturated rings. The van der Waals surface area contributed by atoms with E-state index >= 15 is 0 Å². The van der Waals surface area contributed by atoms with Gasteiger partial charge in [0.05, 0.1) is 12.2 Å². The summed E-state index contributed by atoms with van der Waals surface area (Å²) in [4.78, 5) is 0. The average Bonchev–Trinajstić information content (AvgIpc) is 2.87. The third-order valence-corrected chi connectivity index (χ3v) is 7.75. The van der Waals surface area contributed by atoms with Gasteiger partial charge >= 0.3 is 0 Å². The number of aryl methyl sites for hydroxylation is 2. The summed E-state index contributed by atoms with van der Waals surface area (Å²) in [6.45, 7) is 14.7. The maximum Gasteiger partial charge on any atom is 0.122 e. The summed E-state index contributed by atoms with van der Waals surface area (Å²) >= 11 is 0. The van der Waals surface area contributed by atoms with Gasteiger partial charge < -0.3 is 20.1 Å². The number of benzene rings is 2. The van der Waals surface area contributed by atoms with Crippen LogP contribution in [0.1, 0.15) is 94.5 Å². The molecule has 0 saturated carbocycles. The third kappa shape index (κ3) is 6.55. The van der Waals surface area contributed by atoms with E-state index in [1.807, 2.05) is 26.8 Å². The molecule has 0 aromatic heterocycles. The first-order valence-electron chi connectivity index (χ1n) is 13.2. The molecule has 0 saturated heterocycles. The van der Waals surface area contributed by atoms with E-state index in [0.29, 0.717) is 12.8 Å². The number of rotatable bonds is 13. The fourth-order valence-corrected chi connectivity index (χ4v) is 5.05. The molecule has 35 heavy (non-hydrogen) atoms. The van der Waals surface area contributed by atoms with Gasteiger partial charge in [-0.1, -0.05) is 65.0 Å². The van der Waals surface area contributed by atoms with Gasteiger partial charge in [0.2, 0.25) is 0 Å². The minimum atomic E-state index is -0.881. The summed E-state index contributed by atoms with van der Waals surface area (Å²) in [5, 5.41) is 29.6. The number of allylic oxidation sites excluding steroid dienone is 1. The molecule has 3 N–H and O–H groups in total. The van der Waals surface area contributed by atoms with Crippen LogP contribution in [0.2, 0.25) is 0 Å². The van der Waals surface area contributed by atoms with Crippen molar-refractivity contribution in [3.8, 4) is 5.75 Å². The third-order valence-electron chi connectivity index (χ3n) is 7.75. The summed E-state index contributed by atoms with van der Waals surface area (Å²) in [6.07, 6.45) is 5.40. The van der Waals surface area contributed by atoms with Crippen LogP contribution in [0.15, 0.2) is 42.5 Å². The second kappa shape index (κ2) is 12.7. The van der Waals surface area contributed by atoms with Gasteiger partial charge in [-0.3, -0.25) is 0 Å². The molecule has 1 atom stereocenters. The second-order valence-electron chi connectivity index (χ2n) is 9.78. The maximum atomic E-state index is 10.9. The van der Waals surface area contributed by atoms with E-state index in [-0.39, 0.29) is 18.6 Å². The zero-order valence-corrected chi connectivity index (χ0v) is 22.8. The van der Waals surface area contributed by atoms with Crippen molar-refractivity contribution in [3.63, 3.8) is 0 Å². The van der Waals surface area contributed by atoms with Crippen LogP contribution in [-0.4, -0.2) is 40.2 Å². The summed E-state index contributed by atoms with van der Waals surface area (Å²) in [5.74, 6) is 0.728. The van der Waals surface area contributed by atoms with E-state index < -0.39 is 11.7 Å². The zero-order valence-electron chi connectivity index (χ0n) is 22.8. The number of hydrogen-bond acceptors (Lipinski definition) is 4. The van der Waals surface area contributed by atoms with Crippen molar-refractivity contribution in [1.29, 1.82) is 0 Å². The Bertz CT molecular complexity index is 983. The van der Waals surface area contributed by atoms with Crippen molar-refractivity contribution in [2.75, 3.05) is 13.2 Å². The van der Waals surface area contributed by atoms with E-state index in [1.54, 1.807) is 0 Å². The van der Waals surface area contributed by atoms with Gasteiger partial charge in [-0.2, -0.15) is 0 Å². The zero-order chi connectivity index (χ0) is 26.2. The molecule has 0 aliphatic carbocycles. The van der Waals surface area contributed by atoms with Crippen LogP contribution in [-0.2, 0) is 5.41 Å². The Kier molecular flexibility index (Phi) is 10.6. The molecular weight excluding hydrogens is 436 g/mol. The van der Waals surface area contributed by atoms with E-state index in [0.717, 1.165) is 30.6 Å². The van der Waals surface area contributed by atoms with Gasteiger partial charge in [0.25, 0.3) is 0 Å². The number of hydrogen-bond donors (Lipinski definition) is 3. The van der Waals surface area contributed by atoms with Crippen LogP contribution in [0.4, 0.5) is 0 Å². The second-order valence-corrected chi connectivity index (χ2v) is 9.78. The van der Waals surface area contributed by atoms with Gasteiger partial charge in [-0.05, 0) is 91.5 Å². The molecule has 2 rings (SSSR count). The minimum absolute atomic E-state index is 0.0719. The highest BCUT2D eigenvalue weighted by molar-refractivity contribution is 5.69. The largest absolute Gasteiger partial charge is 0.491 e. The van der Waals surface area contributed by atoms with E-state index in [9.17, 15) is 10.2 Å². The van der Waals surface area contributed by atoms with Gasteiger partial charge in [-0.25, -0.2) is 0 Å². The lowest BCUT2D eigenvalue weighted by Gasteiger charge is -2.34. The number of ether oxygens (including phenoxy) is 1. The standard InChI is InChI=1S/C31H46O4/c1-8-24(19-30(34,9-2)10-3)28-15-13-25(17-22(28)6)31(11-4,12-5)26-14-16-29(23(7)18-26)35-21-27(33)20-32/h13-19,27,32-34H,8-12,20-21H2,1-7H3. The van der Waals surface area contributed by atoms with Crippen molar-refractivity contribution in [2.45, 2.75) is 97.7 Å². The van der Waals surface area contributed by atoms with Crippen molar-refractivity contribution >= 4 is 5.57 Å². The van der Waals surface area contributed by atoms with Gasteiger partial charge in [0.15, 0.2) is 0 Å². The van der Waals surface area contributed by atoms with Crippen molar-refractivity contribution in [3.05, 3.63) is 70.3 Å². The van der Waals surface area contributed by atoms with Crippen LogP contribution in [0, 0.1) is 13.8 Å². The monoisotopic (exact) mass is 482 g/mol. The van der Waals surface area contributed by atoms with E-state index in [4.69, 9.17) is 9.84 Å². The smallest absolute Gasteiger partial charge is 0.122 e. The topological polar surface area (TPSA) is 69.9 Å². The Hall–Kier alpha value is -2.14. The predicted octanol–water partition coefficient (Wildman–Crippen LogP) is 6.49. The molecule has 1 unspecified atom stereocenters. The molecule has 2 aromatic rings. The molecule has 0 radical (unpaired) electrons. The lowest BCUT2D eigenvalue weighted by atomic mass is 9.69. The average molecular weight is 483 g/mol. The molecule has 0 amide bonds. The first-order chi connectivity index (χ1) is 16.6. The van der Waals surface area contributed by atoms with Crippen molar-refractivity contribution < 1.29 is 20.1 Å². The molecule has 0 heterocycles. The lowest BCUT2D eigenvalue weighted by Crippen LogP contribution is -2.27. The summed E-state index contributed by atoms with van der Waals surface area (Å²) in [7, 11) is 0. The Morgan fingerprint density at radius 2 is 1.46 bits per heavy atom. The summed E-state index contributed by atoms with van der Waals surface area (Å²) in [5.41, 5.74) is 6.31. The fourth-order valence-electron chi connectivity index (χ4n) is 5.05. The Balaban J connectivity index is 2.49. The molecule has 2 aromatic carbocycles. The molecule has 0 bridgehead atoms. The molecule has 0 aliphatic rings. The highest BCUT2D eigenvalue weighted by atomic mass is 16.5. The normalized spacial score (nSPS) is 13.7. The SMILES string of the molecule is CCC(=CC(O)(CC)CC)c1ccc(C(CC)(CC)c2ccc(OCC(O)CO)c(C)c2)cc1C. The van der Waals surface area contributed by atoms with Gasteiger partial charge in [0.1, 0.15) is 18.5 Å². The lowest BCUT2D eigenvalue weighted by molar-refractivity contribution is 0.0534. The van der Waals surface area contributed by atoms with E-state index in [2.05, 4.69) is 64.1 Å². The molecule has 0 aliphatic heterocycles. The Labute approximate surface area is 212 Å². The van der Waals surface area contributed by atoms with E-state index in [1.165, 1.54) is 27.8 Å². The highest BCUT2D eigenvalue weighted by Crippen LogP contribution is 2.41. The van der Waals surface area contributed by atoms with Gasteiger partial charge in [-0.15, -0.1) is 0 Å². The predicted molar refractivity (Wildman–Crippen MR) is 146 cm³/mol. The molecular formula is C31H46O4. The molecule has 194 valence electrons. The first kappa shape index (κ1) is 29.1. The number of aliphatic hydroxyl groups excluding tert-OH is 2. The summed E-state index contributed by atoms with van der Waals surface area (Å²) < 4.78 is 5.73. The van der Waals surface area contributed by atoms with Crippen LogP contribution >= 0.6 is 0 Å². The molecule has 4 heteroatoms. The maximum absolute atomic E-state index is 10.9. The molecule has 0 spiro atoms. The van der Waals surface area contributed by atoms with Gasteiger partial charge in [0, 0.05) is 5.41 Å². The minimum Gasteiger partial charge on any atom is -0.491 e. The van der Waals surface area contributed by atoms with Crippen LogP contribution in [0.3, 0.4) is 0 Å². The Morgan fingerprint density at radius 1 is 0.886 bits per heavy atom. The van der Waals surface area contributed by atoms with Crippen LogP contribution in [0.25, 0.3) is 5.57 Å².